The highest BCUT2D eigenvalue weighted by molar-refractivity contribution is 5.37. The largest absolute Gasteiger partial charge is 0.496 e. The van der Waals surface area contributed by atoms with Crippen LogP contribution >= 0.6 is 0 Å². The zero-order valence-electron chi connectivity index (χ0n) is 13.5. The van der Waals surface area contributed by atoms with E-state index in [1.54, 1.807) is 19.2 Å². The Morgan fingerprint density at radius 1 is 1.24 bits per heavy atom. The average Bonchev–Trinajstić information content (AvgIpc) is 2.53. The van der Waals surface area contributed by atoms with Crippen molar-refractivity contribution < 1.29 is 9.13 Å². The van der Waals surface area contributed by atoms with Gasteiger partial charge in [0.25, 0.3) is 0 Å². The van der Waals surface area contributed by atoms with Gasteiger partial charge >= 0.3 is 0 Å². The lowest BCUT2D eigenvalue weighted by molar-refractivity contribution is 0.214. The van der Waals surface area contributed by atoms with E-state index < -0.39 is 0 Å². The number of rotatable bonds is 6. The predicted molar refractivity (Wildman–Crippen MR) is 85.1 cm³/mol. The standard InChI is InChI=1S/C18H28FNO/c1-4-13-9-11-14(12-10-13)18(20-5-2)17-15(19)7-6-8-16(17)21-3/h6-8,13-14,18,20H,4-5,9-12H2,1-3H3. The van der Waals surface area contributed by atoms with Crippen LogP contribution in [0.4, 0.5) is 4.39 Å². The van der Waals surface area contributed by atoms with E-state index in [9.17, 15) is 4.39 Å². The first-order valence-electron chi connectivity index (χ1n) is 8.27. The maximum absolute atomic E-state index is 14.4. The summed E-state index contributed by atoms with van der Waals surface area (Å²) < 4.78 is 19.8. The second-order valence-corrected chi connectivity index (χ2v) is 6.08. The fraction of sp³-hybridized carbons (Fsp3) is 0.667. The third kappa shape index (κ3) is 3.76. The Morgan fingerprint density at radius 3 is 2.52 bits per heavy atom. The average molecular weight is 293 g/mol. The van der Waals surface area contributed by atoms with Crippen molar-refractivity contribution in [1.29, 1.82) is 0 Å². The molecule has 2 nitrogen and oxygen atoms in total. The molecule has 0 saturated heterocycles. The summed E-state index contributed by atoms with van der Waals surface area (Å²) in [4.78, 5) is 0. The molecule has 1 aliphatic carbocycles. The molecule has 1 unspecified atom stereocenters. The van der Waals surface area contributed by atoms with E-state index in [0.29, 0.717) is 17.2 Å². The van der Waals surface area contributed by atoms with Gasteiger partial charge in [0.15, 0.2) is 0 Å². The zero-order chi connectivity index (χ0) is 15.2. The van der Waals surface area contributed by atoms with Crippen LogP contribution < -0.4 is 10.1 Å². The Kier molecular flexibility index (Phi) is 6.04. The molecule has 1 aliphatic rings. The zero-order valence-corrected chi connectivity index (χ0v) is 13.5. The minimum Gasteiger partial charge on any atom is -0.496 e. The van der Waals surface area contributed by atoms with Crippen molar-refractivity contribution in [2.45, 2.75) is 52.0 Å². The molecule has 118 valence electrons. The van der Waals surface area contributed by atoms with Gasteiger partial charge < -0.3 is 10.1 Å². The molecule has 0 bridgehead atoms. The topological polar surface area (TPSA) is 21.3 Å². The van der Waals surface area contributed by atoms with Crippen LogP contribution in [0.15, 0.2) is 18.2 Å². The third-order valence-corrected chi connectivity index (χ3v) is 4.91. The van der Waals surface area contributed by atoms with Gasteiger partial charge in [-0.25, -0.2) is 4.39 Å². The molecule has 21 heavy (non-hydrogen) atoms. The summed E-state index contributed by atoms with van der Waals surface area (Å²) in [6, 6.07) is 5.18. The van der Waals surface area contributed by atoms with Crippen LogP contribution in [0.2, 0.25) is 0 Å². The van der Waals surface area contributed by atoms with Crippen LogP contribution in [0.3, 0.4) is 0 Å². The molecule has 1 aromatic rings. The first-order valence-corrected chi connectivity index (χ1v) is 8.27. The van der Waals surface area contributed by atoms with Gasteiger partial charge in [0.1, 0.15) is 11.6 Å². The third-order valence-electron chi connectivity index (χ3n) is 4.91. The Hall–Kier alpha value is -1.09. The quantitative estimate of drug-likeness (QED) is 0.820. The highest BCUT2D eigenvalue weighted by Crippen LogP contribution is 2.41. The minimum absolute atomic E-state index is 0.0592. The number of nitrogens with one attached hydrogen (secondary N) is 1. The maximum Gasteiger partial charge on any atom is 0.131 e. The summed E-state index contributed by atoms with van der Waals surface area (Å²) in [5.74, 6) is 1.86. The van der Waals surface area contributed by atoms with Crippen LogP contribution in [0.1, 0.15) is 57.6 Å². The highest BCUT2D eigenvalue weighted by atomic mass is 19.1. The van der Waals surface area contributed by atoms with Crippen LogP contribution in [0, 0.1) is 17.7 Å². The number of benzene rings is 1. The summed E-state index contributed by atoms with van der Waals surface area (Å²) in [6.45, 7) is 5.19. The lowest BCUT2D eigenvalue weighted by atomic mass is 9.75. The molecule has 1 atom stereocenters. The summed E-state index contributed by atoms with van der Waals surface area (Å²) >= 11 is 0. The normalized spacial score (nSPS) is 23.8. The Morgan fingerprint density at radius 2 is 1.95 bits per heavy atom. The number of ether oxygens (including phenoxy) is 1. The van der Waals surface area contributed by atoms with Gasteiger partial charge in [0.05, 0.1) is 7.11 Å². The van der Waals surface area contributed by atoms with Gasteiger partial charge in [-0.15, -0.1) is 0 Å². The number of hydrogen-bond acceptors (Lipinski definition) is 2. The van der Waals surface area contributed by atoms with Gasteiger partial charge in [-0.05, 0) is 43.4 Å². The SMILES string of the molecule is CCNC(c1c(F)cccc1OC)C1CCC(CC)CC1. The molecule has 0 aliphatic heterocycles. The van der Waals surface area contributed by atoms with Gasteiger partial charge in [-0.2, -0.15) is 0 Å². The van der Waals surface area contributed by atoms with Gasteiger partial charge in [-0.3, -0.25) is 0 Å². The van der Waals surface area contributed by atoms with Crippen molar-refractivity contribution in [3.8, 4) is 5.75 Å². The summed E-state index contributed by atoms with van der Waals surface area (Å²) in [6.07, 6.45) is 6.14. The van der Waals surface area contributed by atoms with E-state index in [1.807, 2.05) is 6.07 Å². The first-order chi connectivity index (χ1) is 10.2. The molecular formula is C18H28FNO. The maximum atomic E-state index is 14.4. The molecule has 0 radical (unpaired) electrons. The molecule has 0 heterocycles. The van der Waals surface area contributed by atoms with Crippen molar-refractivity contribution in [3.63, 3.8) is 0 Å². The Balaban J connectivity index is 2.23. The van der Waals surface area contributed by atoms with Gasteiger partial charge in [0.2, 0.25) is 0 Å². The summed E-state index contributed by atoms with van der Waals surface area (Å²) in [5, 5.41) is 3.50. The molecule has 1 fully saturated rings. The van der Waals surface area contributed by atoms with Crippen LogP contribution in [0.25, 0.3) is 0 Å². The molecule has 0 aromatic heterocycles. The van der Waals surface area contributed by atoms with E-state index >= 15 is 0 Å². The summed E-state index contributed by atoms with van der Waals surface area (Å²) in [7, 11) is 1.62. The lowest BCUT2D eigenvalue weighted by Crippen LogP contribution is -2.32. The fourth-order valence-electron chi connectivity index (χ4n) is 3.65. The molecular weight excluding hydrogens is 265 g/mol. The second-order valence-electron chi connectivity index (χ2n) is 6.08. The van der Waals surface area contributed by atoms with E-state index in [2.05, 4.69) is 19.2 Å². The van der Waals surface area contributed by atoms with Crippen LogP contribution in [0.5, 0.6) is 5.75 Å². The van der Waals surface area contributed by atoms with E-state index in [4.69, 9.17) is 4.74 Å². The fourth-order valence-corrected chi connectivity index (χ4v) is 3.65. The number of methoxy groups -OCH3 is 1. The molecule has 1 saturated carbocycles. The Bertz CT molecular complexity index is 441. The smallest absolute Gasteiger partial charge is 0.131 e. The summed E-state index contributed by atoms with van der Waals surface area (Å²) in [5.41, 5.74) is 0.710. The molecule has 1 aromatic carbocycles. The van der Waals surface area contributed by atoms with E-state index in [-0.39, 0.29) is 11.9 Å². The van der Waals surface area contributed by atoms with Gasteiger partial charge in [-0.1, -0.05) is 39.2 Å². The van der Waals surface area contributed by atoms with E-state index in [0.717, 1.165) is 12.5 Å². The minimum atomic E-state index is -0.155. The molecule has 0 amide bonds. The van der Waals surface area contributed by atoms with Crippen molar-refractivity contribution in [3.05, 3.63) is 29.6 Å². The predicted octanol–water partition coefficient (Wildman–Crippen LogP) is 4.70. The van der Waals surface area contributed by atoms with Crippen molar-refractivity contribution in [2.24, 2.45) is 11.8 Å². The molecule has 0 spiro atoms. The van der Waals surface area contributed by atoms with Crippen LogP contribution in [-0.4, -0.2) is 13.7 Å². The van der Waals surface area contributed by atoms with Crippen LogP contribution in [-0.2, 0) is 0 Å². The molecule has 1 N–H and O–H groups in total. The molecule has 3 heteroatoms. The lowest BCUT2D eigenvalue weighted by Gasteiger charge is -2.35. The highest BCUT2D eigenvalue weighted by Gasteiger charge is 2.31. The first kappa shape index (κ1) is 16.3. The van der Waals surface area contributed by atoms with Gasteiger partial charge in [0, 0.05) is 11.6 Å². The van der Waals surface area contributed by atoms with Crippen molar-refractivity contribution in [2.75, 3.05) is 13.7 Å². The number of halogens is 1. The molecule has 2 rings (SSSR count). The van der Waals surface area contributed by atoms with Crippen molar-refractivity contribution >= 4 is 0 Å². The number of hydrogen-bond donors (Lipinski definition) is 1. The monoisotopic (exact) mass is 293 g/mol. The Labute approximate surface area is 128 Å². The van der Waals surface area contributed by atoms with Crippen molar-refractivity contribution in [1.82, 2.24) is 5.32 Å². The second kappa shape index (κ2) is 7.79. The van der Waals surface area contributed by atoms with E-state index in [1.165, 1.54) is 32.1 Å².